The van der Waals surface area contributed by atoms with E-state index in [0.717, 1.165) is 56.5 Å². The van der Waals surface area contributed by atoms with E-state index >= 15 is 0 Å². The summed E-state index contributed by atoms with van der Waals surface area (Å²) >= 11 is 0. The Bertz CT molecular complexity index is 2790. The van der Waals surface area contributed by atoms with Gasteiger partial charge in [-0.25, -0.2) is 4.98 Å². The number of fused-ring (bicyclic) bond motifs is 6. The molecule has 0 radical (unpaired) electrons. The molecule has 0 spiro atoms. The molecule has 1 unspecified atom stereocenters. The van der Waals surface area contributed by atoms with Crippen LogP contribution in [0.15, 0.2) is 186 Å². The van der Waals surface area contributed by atoms with Gasteiger partial charge in [0.1, 0.15) is 5.52 Å². The molecule has 4 nitrogen and oxygen atoms in total. The average Bonchev–Trinajstić information content (AvgIpc) is 3.79. The summed E-state index contributed by atoms with van der Waals surface area (Å²) in [4.78, 5) is 7.47. The summed E-state index contributed by atoms with van der Waals surface area (Å²) in [6.07, 6.45) is 9.86. The van der Waals surface area contributed by atoms with E-state index in [-0.39, 0.29) is 6.04 Å². The predicted molar refractivity (Wildman–Crippen MR) is 212 cm³/mol. The molecule has 1 atom stereocenters. The topological polar surface area (TPSA) is 34.2 Å². The molecule has 0 amide bonds. The molecule has 2 heterocycles. The number of allylic oxidation sites excluding steroid dienone is 4. The summed E-state index contributed by atoms with van der Waals surface area (Å²) in [5.74, 6) is 0.625. The van der Waals surface area contributed by atoms with E-state index in [1.54, 1.807) is 0 Å². The van der Waals surface area contributed by atoms with Crippen LogP contribution in [0.25, 0.3) is 66.3 Å². The molecule has 4 heteroatoms. The monoisotopic (exact) mass is 655 g/mol. The van der Waals surface area contributed by atoms with Crippen molar-refractivity contribution < 1.29 is 4.42 Å². The number of hydrogen-bond donors (Lipinski definition) is 0. The maximum Gasteiger partial charge on any atom is 0.227 e. The van der Waals surface area contributed by atoms with Crippen LogP contribution in [0.2, 0.25) is 0 Å². The van der Waals surface area contributed by atoms with E-state index in [1.165, 1.54) is 27.4 Å². The van der Waals surface area contributed by atoms with Crippen LogP contribution >= 0.6 is 0 Å². The first kappa shape index (κ1) is 29.3. The molecule has 51 heavy (non-hydrogen) atoms. The smallest absolute Gasteiger partial charge is 0.227 e. The second-order valence-electron chi connectivity index (χ2n) is 13.1. The molecule has 1 aliphatic rings. The quantitative estimate of drug-likeness (QED) is 0.179. The average molecular weight is 656 g/mol. The third-order valence-electron chi connectivity index (χ3n) is 10.1. The minimum absolute atomic E-state index is 0.266. The highest BCUT2D eigenvalue weighted by Gasteiger charge is 2.23. The van der Waals surface area contributed by atoms with Crippen molar-refractivity contribution in [2.24, 2.45) is 0 Å². The summed E-state index contributed by atoms with van der Waals surface area (Å²) in [7, 11) is 0. The van der Waals surface area contributed by atoms with Crippen molar-refractivity contribution in [3.8, 4) is 22.6 Å². The van der Waals surface area contributed by atoms with E-state index in [9.17, 15) is 0 Å². The number of nitrogens with zero attached hydrogens (tertiary/aromatic N) is 3. The van der Waals surface area contributed by atoms with E-state index in [0.29, 0.717) is 5.89 Å². The van der Waals surface area contributed by atoms with Crippen molar-refractivity contribution >= 4 is 60.7 Å². The SMILES string of the molecule is C1=CCC(n2c3ccccc3c3cc(N(c4ccccc4-c4ccccc4)c4cccc5c4ccc4oc(-c6ccccc6)nc45)ccc32)C=C1. The zero-order valence-corrected chi connectivity index (χ0v) is 27.9. The Hall–Kier alpha value is -6.65. The normalized spacial score (nSPS) is 14.2. The van der Waals surface area contributed by atoms with Crippen LogP contribution in [0.5, 0.6) is 0 Å². The van der Waals surface area contributed by atoms with Crippen LogP contribution in [0.1, 0.15) is 12.5 Å². The van der Waals surface area contributed by atoms with Gasteiger partial charge in [-0.05, 0) is 72.6 Å². The molecule has 7 aromatic carbocycles. The summed E-state index contributed by atoms with van der Waals surface area (Å²) in [6, 6.07) is 56.3. The highest BCUT2D eigenvalue weighted by Crippen LogP contribution is 2.46. The molecule has 0 fully saturated rings. The van der Waals surface area contributed by atoms with Crippen LogP contribution < -0.4 is 4.90 Å². The summed E-state index contributed by atoms with van der Waals surface area (Å²) in [6.45, 7) is 0. The lowest BCUT2D eigenvalue weighted by atomic mass is 10.00. The Morgan fingerprint density at radius 2 is 1.29 bits per heavy atom. The Morgan fingerprint density at radius 3 is 2.14 bits per heavy atom. The summed E-state index contributed by atoms with van der Waals surface area (Å²) < 4.78 is 8.81. The zero-order chi connectivity index (χ0) is 33.7. The Labute approximate surface area is 295 Å². The third kappa shape index (κ3) is 4.87. The van der Waals surface area contributed by atoms with Gasteiger partial charge in [0, 0.05) is 49.4 Å². The number of benzene rings is 7. The molecule has 0 N–H and O–H groups in total. The molecule has 0 saturated carbocycles. The van der Waals surface area contributed by atoms with Crippen LogP contribution in [-0.4, -0.2) is 9.55 Å². The number of hydrogen-bond acceptors (Lipinski definition) is 3. The fourth-order valence-electron chi connectivity index (χ4n) is 7.82. The van der Waals surface area contributed by atoms with E-state index in [4.69, 9.17) is 9.40 Å². The van der Waals surface area contributed by atoms with Crippen molar-refractivity contribution in [1.29, 1.82) is 0 Å². The highest BCUT2D eigenvalue weighted by molar-refractivity contribution is 6.13. The van der Waals surface area contributed by atoms with Crippen LogP contribution in [0.4, 0.5) is 17.1 Å². The molecule has 10 rings (SSSR count). The molecule has 0 saturated heterocycles. The van der Waals surface area contributed by atoms with Crippen LogP contribution in [-0.2, 0) is 0 Å². The predicted octanol–water partition coefficient (Wildman–Crippen LogP) is 12.9. The van der Waals surface area contributed by atoms with Gasteiger partial charge < -0.3 is 13.9 Å². The molecule has 0 aliphatic heterocycles. The zero-order valence-electron chi connectivity index (χ0n) is 27.9. The first-order chi connectivity index (χ1) is 25.3. The maximum atomic E-state index is 6.31. The van der Waals surface area contributed by atoms with Crippen LogP contribution in [0.3, 0.4) is 0 Å². The maximum absolute atomic E-state index is 6.31. The lowest BCUT2D eigenvalue weighted by Gasteiger charge is -2.29. The van der Waals surface area contributed by atoms with Gasteiger partial charge in [-0.2, -0.15) is 0 Å². The fraction of sp³-hybridized carbons (Fsp3) is 0.0426. The van der Waals surface area contributed by atoms with Gasteiger partial charge in [0.05, 0.1) is 17.4 Å². The minimum atomic E-state index is 0.266. The Morgan fingerprint density at radius 1 is 0.569 bits per heavy atom. The second-order valence-corrected chi connectivity index (χ2v) is 13.1. The van der Waals surface area contributed by atoms with Crippen molar-refractivity contribution in [3.63, 3.8) is 0 Å². The number of oxazole rings is 1. The Balaban J connectivity index is 1.23. The van der Waals surface area contributed by atoms with Crippen molar-refractivity contribution in [1.82, 2.24) is 9.55 Å². The second kappa shape index (κ2) is 12.0. The van der Waals surface area contributed by atoms with Gasteiger partial charge in [-0.15, -0.1) is 0 Å². The van der Waals surface area contributed by atoms with Gasteiger partial charge in [-0.1, -0.05) is 121 Å². The van der Waals surface area contributed by atoms with Crippen molar-refractivity contribution in [2.75, 3.05) is 4.90 Å². The minimum Gasteiger partial charge on any atom is -0.436 e. The van der Waals surface area contributed by atoms with Crippen molar-refractivity contribution in [2.45, 2.75) is 12.5 Å². The molecule has 2 aromatic heterocycles. The van der Waals surface area contributed by atoms with E-state index < -0.39 is 0 Å². The molecule has 1 aliphatic carbocycles. The molecule has 9 aromatic rings. The lowest BCUT2D eigenvalue weighted by molar-refractivity contribution is 0.620. The first-order valence-corrected chi connectivity index (χ1v) is 17.5. The summed E-state index contributed by atoms with van der Waals surface area (Å²) in [5, 5.41) is 4.64. The number of rotatable bonds is 6. The van der Waals surface area contributed by atoms with Crippen molar-refractivity contribution in [3.05, 3.63) is 182 Å². The van der Waals surface area contributed by atoms with Gasteiger partial charge >= 0.3 is 0 Å². The molecule has 0 bridgehead atoms. The van der Waals surface area contributed by atoms with E-state index in [2.05, 4.69) is 161 Å². The molecular weight excluding hydrogens is 623 g/mol. The molecular formula is C47H33N3O. The van der Waals surface area contributed by atoms with Gasteiger partial charge in [0.2, 0.25) is 5.89 Å². The number of anilines is 3. The van der Waals surface area contributed by atoms with Gasteiger partial charge in [0.15, 0.2) is 5.58 Å². The Kier molecular flexibility index (Phi) is 6.91. The third-order valence-corrected chi connectivity index (χ3v) is 10.1. The largest absolute Gasteiger partial charge is 0.436 e. The first-order valence-electron chi connectivity index (χ1n) is 17.5. The summed E-state index contributed by atoms with van der Waals surface area (Å²) in [5.41, 5.74) is 10.7. The standard InChI is InChI=1S/C47H33N3O/c1-4-15-32(16-5-1)36-21-10-12-24-41(36)50(35-27-29-44-40(31-35)37-22-11-13-25-42(37)49(44)34-19-8-3-9-20-34)43-26-14-23-39-38(43)28-30-45-46(39)48-47(51-45)33-17-6-2-7-18-33/h1-19,21-31,34H,20H2. The van der Waals surface area contributed by atoms with Crippen LogP contribution in [0, 0.1) is 0 Å². The highest BCUT2D eigenvalue weighted by atomic mass is 16.3. The number of para-hydroxylation sites is 2. The fourth-order valence-corrected chi connectivity index (χ4v) is 7.82. The van der Waals surface area contributed by atoms with Gasteiger partial charge in [0.25, 0.3) is 0 Å². The van der Waals surface area contributed by atoms with E-state index in [1.807, 2.05) is 30.3 Å². The number of aromatic nitrogens is 2. The molecule has 242 valence electrons. The van der Waals surface area contributed by atoms with Gasteiger partial charge in [-0.3, -0.25) is 0 Å². The lowest BCUT2D eigenvalue weighted by Crippen LogP contribution is -2.12.